The lowest BCUT2D eigenvalue weighted by Crippen LogP contribution is -2.30. The Morgan fingerprint density at radius 3 is 2.65 bits per heavy atom. The molecule has 0 aliphatic heterocycles. The van der Waals surface area contributed by atoms with Crippen LogP contribution in [0.15, 0.2) is 47.4 Å². The van der Waals surface area contributed by atoms with E-state index in [9.17, 15) is 4.79 Å². The van der Waals surface area contributed by atoms with Gasteiger partial charge in [-0.1, -0.05) is 36.8 Å². The molecule has 2 aromatic rings. The topological polar surface area (TPSA) is 38.3 Å². The Morgan fingerprint density at radius 2 is 1.96 bits per heavy atom. The summed E-state index contributed by atoms with van der Waals surface area (Å²) in [6.45, 7) is 7.88. The molecule has 1 amide bonds. The zero-order valence-corrected chi connectivity index (χ0v) is 14.9. The van der Waals surface area contributed by atoms with Gasteiger partial charge in [0.05, 0.1) is 5.69 Å². The zero-order valence-electron chi connectivity index (χ0n) is 14.1. The van der Waals surface area contributed by atoms with E-state index in [0.717, 1.165) is 27.6 Å². The van der Waals surface area contributed by atoms with Crippen LogP contribution < -0.4 is 10.1 Å². The molecule has 4 heteroatoms. The van der Waals surface area contributed by atoms with Crippen molar-refractivity contribution < 1.29 is 9.53 Å². The second-order valence-electron chi connectivity index (χ2n) is 5.45. The third-order valence-electron chi connectivity index (χ3n) is 3.45. The van der Waals surface area contributed by atoms with Crippen molar-refractivity contribution in [3.05, 3.63) is 53.6 Å². The first kappa shape index (κ1) is 17.4. The molecule has 0 aliphatic carbocycles. The molecule has 0 spiro atoms. The summed E-state index contributed by atoms with van der Waals surface area (Å²) in [6, 6.07) is 13.8. The molecule has 1 N–H and O–H groups in total. The minimum Gasteiger partial charge on any atom is -0.481 e. The SMILES string of the molecule is CCSc1ccccc1NC(=O)[C@H](C)Oc1ccc(C)cc1C. The van der Waals surface area contributed by atoms with E-state index in [-0.39, 0.29) is 5.91 Å². The Labute approximate surface area is 142 Å². The molecule has 1 atom stereocenters. The van der Waals surface area contributed by atoms with Gasteiger partial charge in [-0.25, -0.2) is 0 Å². The van der Waals surface area contributed by atoms with Gasteiger partial charge in [0.2, 0.25) is 0 Å². The molecular formula is C19H23NO2S. The predicted octanol–water partition coefficient (Wildman–Crippen LogP) is 4.82. The summed E-state index contributed by atoms with van der Waals surface area (Å²) < 4.78 is 5.82. The number of ether oxygens (including phenoxy) is 1. The van der Waals surface area contributed by atoms with E-state index in [1.807, 2.05) is 56.3 Å². The highest BCUT2D eigenvalue weighted by Gasteiger charge is 2.17. The number of hydrogen-bond donors (Lipinski definition) is 1. The molecule has 3 nitrogen and oxygen atoms in total. The number of amides is 1. The molecule has 0 bridgehead atoms. The molecule has 0 radical (unpaired) electrons. The van der Waals surface area contributed by atoms with Crippen molar-refractivity contribution in [2.75, 3.05) is 11.1 Å². The van der Waals surface area contributed by atoms with Crippen molar-refractivity contribution in [1.29, 1.82) is 0 Å². The van der Waals surface area contributed by atoms with E-state index in [4.69, 9.17) is 4.74 Å². The first-order valence-corrected chi connectivity index (χ1v) is 8.76. The summed E-state index contributed by atoms with van der Waals surface area (Å²) in [6.07, 6.45) is -0.559. The van der Waals surface area contributed by atoms with Crippen molar-refractivity contribution >= 4 is 23.4 Å². The third-order valence-corrected chi connectivity index (χ3v) is 4.40. The number of hydrogen-bond acceptors (Lipinski definition) is 3. The molecule has 0 saturated heterocycles. The van der Waals surface area contributed by atoms with Crippen molar-refractivity contribution in [2.24, 2.45) is 0 Å². The van der Waals surface area contributed by atoms with Gasteiger partial charge in [0.15, 0.2) is 6.10 Å². The lowest BCUT2D eigenvalue weighted by Gasteiger charge is -2.17. The lowest BCUT2D eigenvalue weighted by atomic mass is 10.1. The molecule has 0 saturated carbocycles. The molecule has 0 fully saturated rings. The van der Waals surface area contributed by atoms with Crippen LogP contribution in [0.3, 0.4) is 0 Å². The molecule has 0 unspecified atom stereocenters. The van der Waals surface area contributed by atoms with Crippen LogP contribution in [0.5, 0.6) is 5.75 Å². The summed E-state index contributed by atoms with van der Waals surface area (Å²) >= 11 is 1.71. The smallest absolute Gasteiger partial charge is 0.265 e. The highest BCUT2D eigenvalue weighted by Crippen LogP contribution is 2.27. The van der Waals surface area contributed by atoms with Gasteiger partial charge in [0, 0.05) is 4.90 Å². The standard InChI is InChI=1S/C19H23NO2S/c1-5-23-18-9-7-6-8-16(18)20-19(21)15(4)22-17-11-10-13(2)12-14(17)3/h6-12,15H,5H2,1-4H3,(H,20,21)/t15-/m0/s1. The van der Waals surface area contributed by atoms with Gasteiger partial charge >= 0.3 is 0 Å². The predicted molar refractivity (Wildman–Crippen MR) is 97.5 cm³/mol. The molecule has 0 aliphatic rings. The van der Waals surface area contributed by atoms with E-state index < -0.39 is 6.10 Å². The Kier molecular flexibility index (Phi) is 6.11. The summed E-state index contributed by atoms with van der Waals surface area (Å²) in [5.74, 6) is 1.56. The maximum absolute atomic E-state index is 12.4. The normalized spacial score (nSPS) is 11.8. The molecule has 0 heterocycles. The van der Waals surface area contributed by atoms with Crippen LogP contribution in [0, 0.1) is 13.8 Å². The number of carbonyl (C=O) groups excluding carboxylic acids is 1. The first-order valence-electron chi connectivity index (χ1n) is 7.78. The second kappa shape index (κ2) is 8.06. The molecule has 23 heavy (non-hydrogen) atoms. The fourth-order valence-corrected chi connectivity index (χ4v) is 3.02. The Balaban J connectivity index is 2.05. The van der Waals surface area contributed by atoms with Crippen LogP contribution in [-0.2, 0) is 4.79 Å². The number of carbonyl (C=O) groups is 1. The average molecular weight is 329 g/mol. The van der Waals surface area contributed by atoms with E-state index in [0.29, 0.717) is 0 Å². The average Bonchev–Trinajstić information content (AvgIpc) is 2.52. The van der Waals surface area contributed by atoms with E-state index >= 15 is 0 Å². The van der Waals surface area contributed by atoms with Crippen LogP contribution in [0.2, 0.25) is 0 Å². The van der Waals surface area contributed by atoms with Crippen LogP contribution >= 0.6 is 11.8 Å². The molecule has 122 valence electrons. The Bertz CT molecular complexity index is 685. The number of rotatable bonds is 6. The van der Waals surface area contributed by atoms with Crippen LogP contribution in [0.1, 0.15) is 25.0 Å². The molecule has 0 aromatic heterocycles. The number of thioether (sulfide) groups is 1. The van der Waals surface area contributed by atoms with Crippen molar-refractivity contribution in [3.8, 4) is 5.75 Å². The third kappa shape index (κ3) is 4.76. The maximum Gasteiger partial charge on any atom is 0.265 e. The zero-order chi connectivity index (χ0) is 16.8. The van der Waals surface area contributed by atoms with Crippen LogP contribution in [-0.4, -0.2) is 17.8 Å². The fourth-order valence-electron chi connectivity index (χ4n) is 2.26. The number of anilines is 1. The van der Waals surface area contributed by atoms with Crippen molar-refractivity contribution in [2.45, 2.75) is 38.7 Å². The maximum atomic E-state index is 12.4. The van der Waals surface area contributed by atoms with Crippen LogP contribution in [0.25, 0.3) is 0 Å². The fraction of sp³-hybridized carbons (Fsp3) is 0.316. The number of para-hydroxylation sites is 1. The van der Waals surface area contributed by atoms with Gasteiger partial charge in [-0.3, -0.25) is 4.79 Å². The van der Waals surface area contributed by atoms with Crippen molar-refractivity contribution in [1.82, 2.24) is 0 Å². The van der Waals surface area contributed by atoms with Gasteiger partial charge in [-0.05, 0) is 50.3 Å². The minimum absolute atomic E-state index is 0.144. The van der Waals surface area contributed by atoms with Crippen LogP contribution in [0.4, 0.5) is 5.69 Å². The summed E-state index contributed by atoms with van der Waals surface area (Å²) in [7, 11) is 0. The Morgan fingerprint density at radius 1 is 1.22 bits per heavy atom. The van der Waals surface area contributed by atoms with E-state index in [2.05, 4.69) is 12.2 Å². The number of nitrogens with one attached hydrogen (secondary N) is 1. The molecular weight excluding hydrogens is 306 g/mol. The Hall–Kier alpha value is -1.94. The first-order chi connectivity index (χ1) is 11.0. The molecule has 2 aromatic carbocycles. The van der Waals surface area contributed by atoms with E-state index in [1.165, 1.54) is 5.56 Å². The highest BCUT2D eigenvalue weighted by atomic mass is 32.2. The highest BCUT2D eigenvalue weighted by molar-refractivity contribution is 7.99. The largest absolute Gasteiger partial charge is 0.481 e. The minimum atomic E-state index is -0.559. The van der Waals surface area contributed by atoms with Gasteiger partial charge in [0.25, 0.3) is 5.91 Å². The lowest BCUT2D eigenvalue weighted by molar-refractivity contribution is -0.122. The summed E-state index contributed by atoms with van der Waals surface area (Å²) in [4.78, 5) is 13.5. The second-order valence-corrected chi connectivity index (χ2v) is 6.75. The van der Waals surface area contributed by atoms with Gasteiger partial charge in [0.1, 0.15) is 5.75 Å². The summed E-state index contributed by atoms with van der Waals surface area (Å²) in [5, 5.41) is 2.96. The quantitative estimate of drug-likeness (QED) is 0.772. The van der Waals surface area contributed by atoms with E-state index in [1.54, 1.807) is 18.7 Å². The number of benzene rings is 2. The molecule has 2 rings (SSSR count). The van der Waals surface area contributed by atoms with Gasteiger partial charge in [-0.15, -0.1) is 11.8 Å². The van der Waals surface area contributed by atoms with Gasteiger partial charge < -0.3 is 10.1 Å². The monoisotopic (exact) mass is 329 g/mol. The summed E-state index contributed by atoms with van der Waals surface area (Å²) in [5.41, 5.74) is 3.05. The van der Waals surface area contributed by atoms with Gasteiger partial charge in [-0.2, -0.15) is 0 Å². The van der Waals surface area contributed by atoms with Crippen molar-refractivity contribution in [3.63, 3.8) is 0 Å². The number of aryl methyl sites for hydroxylation is 2.